The zero-order chi connectivity index (χ0) is 15.4. The maximum atomic E-state index is 12.0. The fourth-order valence-corrected chi connectivity index (χ4v) is 2.65. The Bertz CT molecular complexity index is 522. The number of carbonyl (C=O) groups excluding carboxylic acids is 1. The summed E-state index contributed by atoms with van der Waals surface area (Å²) in [5, 5.41) is 19.8. The number of nitro benzene ring substituents is 1. The van der Waals surface area contributed by atoms with E-state index in [0.717, 1.165) is 0 Å². The Hall–Kier alpha value is -1.80. The van der Waals surface area contributed by atoms with Crippen molar-refractivity contribution in [1.29, 1.82) is 0 Å². The number of benzene rings is 1. The van der Waals surface area contributed by atoms with Crippen molar-refractivity contribution in [1.82, 2.24) is 4.90 Å². The Morgan fingerprint density at radius 2 is 2.14 bits per heavy atom. The van der Waals surface area contributed by atoms with Gasteiger partial charge in [-0.15, -0.1) is 0 Å². The standard InChI is InChI=1S/C13H16N2O5S/c16-7-11-5-12(21)6-14(11)13(17)20-8-9-1-3-10(4-2-9)15(18)19/h1-4,11-12,16,21H,5-8H2. The summed E-state index contributed by atoms with van der Waals surface area (Å²) in [6, 6.07) is 5.54. The predicted octanol–water partition coefficient (Wildman–Crippen LogP) is 1.60. The number of hydrogen-bond donors (Lipinski definition) is 2. The summed E-state index contributed by atoms with van der Waals surface area (Å²) in [4.78, 5) is 23.5. The van der Waals surface area contributed by atoms with Crippen molar-refractivity contribution in [3.8, 4) is 0 Å². The monoisotopic (exact) mass is 312 g/mol. The van der Waals surface area contributed by atoms with E-state index < -0.39 is 11.0 Å². The van der Waals surface area contributed by atoms with Gasteiger partial charge in [0.15, 0.2) is 0 Å². The van der Waals surface area contributed by atoms with Crippen LogP contribution in [0.15, 0.2) is 24.3 Å². The van der Waals surface area contributed by atoms with E-state index in [1.807, 2.05) is 0 Å². The highest BCUT2D eigenvalue weighted by Gasteiger charge is 2.34. The third-order valence-corrected chi connectivity index (χ3v) is 3.72. The van der Waals surface area contributed by atoms with Gasteiger partial charge in [-0.1, -0.05) is 0 Å². The molecule has 1 amide bonds. The molecule has 0 aromatic heterocycles. The Labute approximate surface area is 127 Å². The normalized spacial score (nSPS) is 21.3. The second-order valence-electron chi connectivity index (χ2n) is 4.86. The molecular weight excluding hydrogens is 296 g/mol. The smallest absolute Gasteiger partial charge is 0.410 e. The van der Waals surface area contributed by atoms with Gasteiger partial charge >= 0.3 is 6.09 Å². The highest BCUT2D eigenvalue weighted by atomic mass is 32.1. The van der Waals surface area contributed by atoms with E-state index in [2.05, 4.69) is 12.6 Å². The second-order valence-corrected chi connectivity index (χ2v) is 5.59. The lowest BCUT2D eigenvalue weighted by atomic mass is 10.2. The van der Waals surface area contributed by atoms with E-state index in [0.29, 0.717) is 18.5 Å². The molecule has 1 aromatic rings. The Morgan fingerprint density at radius 1 is 1.48 bits per heavy atom. The molecule has 2 atom stereocenters. The Balaban J connectivity index is 1.90. The fraction of sp³-hybridized carbons (Fsp3) is 0.462. The molecule has 1 heterocycles. The van der Waals surface area contributed by atoms with Crippen molar-refractivity contribution in [3.05, 3.63) is 39.9 Å². The molecule has 1 aliphatic heterocycles. The third kappa shape index (κ3) is 3.85. The van der Waals surface area contributed by atoms with Crippen molar-refractivity contribution in [2.75, 3.05) is 13.2 Å². The average Bonchev–Trinajstić information content (AvgIpc) is 2.86. The van der Waals surface area contributed by atoms with Crippen LogP contribution in [0.5, 0.6) is 0 Å². The van der Waals surface area contributed by atoms with Crippen LogP contribution in [0.2, 0.25) is 0 Å². The molecule has 1 fully saturated rings. The summed E-state index contributed by atoms with van der Waals surface area (Å²) < 4.78 is 5.16. The average molecular weight is 312 g/mol. The molecular formula is C13H16N2O5S. The molecule has 2 rings (SSSR count). The maximum Gasteiger partial charge on any atom is 0.410 e. The number of non-ortho nitro benzene ring substituents is 1. The summed E-state index contributed by atoms with van der Waals surface area (Å²) in [5.41, 5.74) is 0.652. The fourth-order valence-electron chi connectivity index (χ4n) is 2.23. The van der Waals surface area contributed by atoms with E-state index in [1.54, 1.807) is 12.1 Å². The van der Waals surface area contributed by atoms with Gasteiger partial charge in [0.2, 0.25) is 0 Å². The van der Waals surface area contributed by atoms with Gasteiger partial charge in [-0.25, -0.2) is 4.79 Å². The lowest BCUT2D eigenvalue weighted by Gasteiger charge is -2.22. The molecule has 2 unspecified atom stereocenters. The SMILES string of the molecule is O=C(OCc1ccc([N+](=O)[O-])cc1)N1CC(S)CC1CO. The first-order valence-corrected chi connectivity index (χ1v) is 6.98. The van der Waals surface area contributed by atoms with E-state index in [4.69, 9.17) is 4.74 Å². The summed E-state index contributed by atoms with van der Waals surface area (Å²) in [5.74, 6) is 0. The molecule has 0 bridgehead atoms. The minimum Gasteiger partial charge on any atom is -0.445 e. The van der Waals surface area contributed by atoms with Gasteiger partial charge in [0.1, 0.15) is 6.61 Å². The lowest BCUT2D eigenvalue weighted by Crippen LogP contribution is -2.38. The number of aliphatic hydroxyl groups is 1. The number of thiol groups is 1. The van der Waals surface area contributed by atoms with Crippen LogP contribution in [0.4, 0.5) is 10.5 Å². The van der Waals surface area contributed by atoms with Gasteiger partial charge in [-0.2, -0.15) is 12.6 Å². The number of nitro groups is 1. The highest BCUT2D eigenvalue weighted by molar-refractivity contribution is 7.81. The summed E-state index contributed by atoms with van der Waals surface area (Å²) in [6.07, 6.45) is 0.121. The molecule has 0 spiro atoms. The molecule has 8 heteroatoms. The molecule has 114 valence electrons. The molecule has 1 saturated heterocycles. The number of nitrogens with zero attached hydrogens (tertiary/aromatic N) is 2. The van der Waals surface area contributed by atoms with Crippen LogP contribution in [0.3, 0.4) is 0 Å². The van der Waals surface area contributed by atoms with E-state index in [-0.39, 0.29) is 30.2 Å². The van der Waals surface area contributed by atoms with Gasteiger partial charge in [-0.3, -0.25) is 10.1 Å². The summed E-state index contributed by atoms with van der Waals surface area (Å²) in [6.45, 7) is 0.347. The van der Waals surface area contributed by atoms with Crippen molar-refractivity contribution in [3.63, 3.8) is 0 Å². The number of carbonyl (C=O) groups is 1. The molecule has 7 nitrogen and oxygen atoms in total. The number of amides is 1. The van der Waals surface area contributed by atoms with Gasteiger partial charge in [0.05, 0.1) is 17.6 Å². The van der Waals surface area contributed by atoms with Crippen molar-refractivity contribution < 1.29 is 19.6 Å². The zero-order valence-electron chi connectivity index (χ0n) is 11.2. The Kier molecular flexibility index (Phi) is 5.03. The van der Waals surface area contributed by atoms with Crippen LogP contribution >= 0.6 is 12.6 Å². The molecule has 0 saturated carbocycles. The molecule has 1 N–H and O–H groups in total. The van der Waals surface area contributed by atoms with E-state index in [1.165, 1.54) is 17.0 Å². The molecule has 1 aromatic carbocycles. The number of aliphatic hydroxyl groups excluding tert-OH is 1. The molecule has 0 radical (unpaired) electrons. The van der Waals surface area contributed by atoms with Gasteiger partial charge in [0, 0.05) is 23.9 Å². The van der Waals surface area contributed by atoms with E-state index >= 15 is 0 Å². The summed E-state index contributed by atoms with van der Waals surface area (Å²) >= 11 is 4.30. The van der Waals surface area contributed by atoms with Crippen LogP contribution in [0.25, 0.3) is 0 Å². The molecule has 1 aliphatic rings. The van der Waals surface area contributed by atoms with Gasteiger partial charge in [0.25, 0.3) is 5.69 Å². The largest absolute Gasteiger partial charge is 0.445 e. The Morgan fingerprint density at radius 3 is 2.71 bits per heavy atom. The number of ether oxygens (including phenoxy) is 1. The zero-order valence-corrected chi connectivity index (χ0v) is 12.1. The minimum absolute atomic E-state index is 0.0112. The van der Waals surface area contributed by atoms with Gasteiger partial charge < -0.3 is 14.7 Å². The summed E-state index contributed by atoms with van der Waals surface area (Å²) in [7, 11) is 0. The van der Waals surface area contributed by atoms with Crippen molar-refractivity contribution >= 4 is 24.4 Å². The van der Waals surface area contributed by atoms with Crippen LogP contribution in [-0.2, 0) is 11.3 Å². The first-order chi connectivity index (χ1) is 10.0. The van der Waals surface area contributed by atoms with Crippen LogP contribution in [0.1, 0.15) is 12.0 Å². The topological polar surface area (TPSA) is 92.9 Å². The van der Waals surface area contributed by atoms with Crippen LogP contribution in [-0.4, -0.2) is 45.5 Å². The minimum atomic E-state index is -0.510. The quantitative estimate of drug-likeness (QED) is 0.500. The molecule has 0 aliphatic carbocycles. The van der Waals surface area contributed by atoms with Crippen LogP contribution < -0.4 is 0 Å². The number of likely N-dealkylation sites (tertiary alicyclic amines) is 1. The number of rotatable bonds is 4. The highest BCUT2D eigenvalue weighted by Crippen LogP contribution is 2.22. The maximum absolute atomic E-state index is 12.0. The first kappa shape index (κ1) is 15.6. The molecule has 21 heavy (non-hydrogen) atoms. The third-order valence-electron chi connectivity index (χ3n) is 3.35. The van der Waals surface area contributed by atoms with E-state index in [9.17, 15) is 20.0 Å². The second kappa shape index (κ2) is 6.77. The van der Waals surface area contributed by atoms with Crippen LogP contribution in [0, 0.1) is 10.1 Å². The first-order valence-electron chi connectivity index (χ1n) is 6.47. The number of hydrogen-bond acceptors (Lipinski definition) is 6. The lowest BCUT2D eigenvalue weighted by molar-refractivity contribution is -0.384. The predicted molar refractivity (Wildman–Crippen MR) is 78.3 cm³/mol. The van der Waals surface area contributed by atoms with Crippen molar-refractivity contribution in [2.45, 2.75) is 24.3 Å². The van der Waals surface area contributed by atoms with Gasteiger partial charge in [-0.05, 0) is 24.1 Å². The van der Waals surface area contributed by atoms with Crippen molar-refractivity contribution in [2.24, 2.45) is 0 Å².